The number of hydrogen-bond donors (Lipinski definition) is 1. The highest BCUT2D eigenvalue weighted by molar-refractivity contribution is 5.38. The van der Waals surface area contributed by atoms with Crippen LogP contribution in [0, 0.1) is 12.3 Å². The predicted octanol–water partition coefficient (Wildman–Crippen LogP) is 1.08. The molecule has 0 radical (unpaired) electrons. The summed E-state index contributed by atoms with van der Waals surface area (Å²) in [4.78, 5) is 3.90. The van der Waals surface area contributed by atoms with E-state index in [1.165, 1.54) is 0 Å². The van der Waals surface area contributed by atoms with E-state index in [4.69, 9.17) is 12.2 Å². The SMILES string of the molecule is C#Cc1cnccc1[C@@H](C)N. The molecule has 0 aliphatic rings. The van der Waals surface area contributed by atoms with Gasteiger partial charge in [0, 0.05) is 24.0 Å². The fourth-order valence-corrected chi connectivity index (χ4v) is 0.923. The first-order valence-electron chi connectivity index (χ1n) is 3.42. The van der Waals surface area contributed by atoms with Crippen molar-refractivity contribution in [3.8, 4) is 12.3 Å². The van der Waals surface area contributed by atoms with Gasteiger partial charge in [-0.15, -0.1) is 6.42 Å². The summed E-state index contributed by atoms with van der Waals surface area (Å²) in [6.45, 7) is 1.90. The Hall–Kier alpha value is -1.33. The first-order chi connectivity index (χ1) is 5.25. The molecule has 2 nitrogen and oxygen atoms in total. The van der Waals surface area contributed by atoms with Crippen molar-refractivity contribution in [1.29, 1.82) is 0 Å². The molecule has 2 heteroatoms. The van der Waals surface area contributed by atoms with Gasteiger partial charge in [-0.1, -0.05) is 5.92 Å². The summed E-state index contributed by atoms with van der Waals surface area (Å²) in [6.07, 6.45) is 8.59. The average molecular weight is 146 g/mol. The van der Waals surface area contributed by atoms with Gasteiger partial charge in [0.15, 0.2) is 0 Å². The third kappa shape index (κ3) is 1.57. The lowest BCUT2D eigenvalue weighted by Gasteiger charge is -2.06. The normalized spacial score (nSPS) is 12.1. The van der Waals surface area contributed by atoms with Gasteiger partial charge in [0.1, 0.15) is 0 Å². The summed E-state index contributed by atoms with van der Waals surface area (Å²) in [5.41, 5.74) is 7.42. The van der Waals surface area contributed by atoms with E-state index in [1.807, 2.05) is 13.0 Å². The number of terminal acetylenes is 1. The largest absolute Gasteiger partial charge is 0.324 e. The monoisotopic (exact) mass is 146 g/mol. The predicted molar refractivity (Wildman–Crippen MR) is 44.8 cm³/mol. The molecule has 1 aromatic rings. The molecule has 11 heavy (non-hydrogen) atoms. The Balaban J connectivity index is 3.15. The quantitative estimate of drug-likeness (QED) is 0.602. The Morgan fingerprint density at radius 2 is 2.45 bits per heavy atom. The highest BCUT2D eigenvalue weighted by atomic mass is 14.6. The van der Waals surface area contributed by atoms with E-state index in [1.54, 1.807) is 12.4 Å². The van der Waals surface area contributed by atoms with Crippen LogP contribution < -0.4 is 5.73 Å². The van der Waals surface area contributed by atoms with Crippen molar-refractivity contribution in [2.45, 2.75) is 13.0 Å². The number of rotatable bonds is 1. The summed E-state index contributed by atoms with van der Waals surface area (Å²) in [5.74, 6) is 2.53. The molecule has 0 fully saturated rings. The highest BCUT2D eigenvalue weighted by Gasteiger charge is 2.02. The smallest absolute Gasteiger partial charge is 0.0473 e. The second-order valence-corrected chi connectivity index (χ2v) is 2.40. The molecule has 0 saturated heterocycles. The fourth-order valence-electron chi connectivity index (χ4n) is 0.923. The summed E-state index contributed by atoms with van der Waals surface area (Å²) < 4.78 is 0. The van der Waals surface area contributed by atoms with Gasteiger partial charge >= 0.3 is 0 Å². The van der Waals surface area contributed by atoms with Crippen LogP contribution in [0.2, 0.25) is 0 Å². The van der Waals surface area contributed by atoms with Crippen LogP contribution in [-0.2, 0) is 0 Å². The van der Waals surface area contributed by atoms with E-state index in [0.717, 1.165) is 11.1 Å². The molecule has 0 unspecified atom stereocenters. The summed E-state index contributed by atoms with van der Waals surface area (Å²) in [5, 5.41) is 0. The van der Waals surface area contributed by atoms with Gasteiger partial charge < -0.3 is 5.73 Å². The second kappa shape index (κ2) is 3.18. The minimum atomic E-state index is -0.0240. The number of hydrogen-bond acceptors (Lipinski definition) is 2. The molecule has 56 valence electrons. The Morgan fingerprint density at radius 3 is 2.91 bits per heavy atom. The number of nitrogens with zero attached hydrogens (tertiary/aromatic N) is 1. The Kier molecular flexibility index (Phi) is 2.25. The van der Waals surface area contributed by atoms with Crippen molar-refractivity contribution in [2.24, 2.45) is 5.73 Å². The van der Waals surface area contributed by atoms with Crippen LogP contribution in [0.15, 0.2) is 18.5 Å². The Morgan fingerprint density at radius 1 is 1.73 bits per heavy atom. The standard InChI is InChI=1S/C9H10N2/c1-3-8-6-11-5-4-9(8)7(2)10/h1,4-7H,10H2,2H3/t7-/m1/s1. The number of nitrogens with two attached hydrogens (primary N) is 1. The summed E-state index contributed by atoms with van der Waals surface area (Å²) in [7, 11) is 0. The van der Waals surface area contributed by atoms with Gasteiger partial charge in [-0.25, -0.2) is 0 Å². The molecule has 2 N–H and O–H groups in total. The fraction of sp³-hybridized carbons (Fsp3) is 0.222. The summed E-state index contributed by atoms with van der Waals surface area (Å²) >= 11 is 0. The number of pyridine rings is 1. The molecule has 0 aliphatic carbocycles. The van der Waals surface area contributed by atoms with Crippen LogP contribution in [0.25, 0.3) is 0 Å². The molecule has 1 heterocycles. The van der Waals surface area contributed by atoms with Crippen LogP contribution >= 0.6 is 0 Å². The average Bonchev–Trinajstić information content (AvgIpc) is 2.04. The van der Waals surface area contributed by atoms with Crippen molar-refractivity contribution < 1.29 is 0 Å². The Labute approximate surface area is 66.4 Å². The molecule has 0 bridgehead atoms. The second-order valence-electron chi connectivity index (χ2n) is 2.40. The third-order valence-corrected chi connectivity index (χ3v) is 1.50. The molecular weight excluding hydrogens is 136 g/mol. The van der Waals surface area contributed by atoms with Gasteiger partial charge in [0.2, 0.25) is 0 Å². The van der Waals surface area contributed by atoms with E-state index in [-0.39, 0.29) is 6.04 Å². The molecule has 0 amide bonds. The molecule has 0 aliphatic heterocycles. The van der Waals surface area contributed by atoms with Crippen molar-refractivity contribution in [2.75, 3.05) is 0 Å². The first kappa shape index (κ1) is 7.77. The van der Waals surface area contributed by atoms with Crippen molar-refractivity contribution in [3.63, 3.8) is 0 Å². The first-order valence-corrected chi connectivity index (χ1v) is 3.42. The van der Waals surface area contributed by atoms with Crippen LogP contribution in [-0.4, -0.2) is 4.98 Å². The maximum absolute atomic E-state index is 5.67. The molecule has 0 spiro atoms. The van der Waals surface area contributed by atoms with Gasteiger partial charge in [-0.05, 0) is 18.6 Å². The molecule has 1 rings (SSSR count). The Bertz CT molecular complexity index is 284. The van der Waals surface area contributed by atoms with Gasteiger partial charge in [-0.3, -0.25) is 4.98 Å². The van der Waals surface area contributed by atoms with Gasteiger partial charge in [-0.2, -0.15) is 0 Å². The lowest BCUT2D eigenvalue weighted by atomic mass is 10.1. The van der Waals surface area contributed by atoms with Crippen molar-refractivity contribution >= 4 is 0 Å². The third-order valence-electron chi connectivity index (χ3n) is 1.50. The maximum Gasteiger partial charge on any atom is 0.0473 e. The molecule has 1 atom stereocenters. The minimum Gasteiger partial charge on any atom is -0.324 e. The lowest BCUT2D eigenvalue weighted by molar-refractivity contribution is 0.812. The minimum absolute atomic E-state index is 0.0240. The van der Waals surface area contributed by atoms with Crippen LogP contribution in [0.1, 0.15) is 24.1 Å². The zero-order valence-corrected chi connectivity index (χ0v) is 6.41. The van der Waals surface area contributed by atoms with Crippen molar-refractivity contribution in [1.82, 2.24) is 4.98 Å². The highest BCUT2D eigenvalue weighted by Crippen LogP contribution is 2.12. The van der Waals surface area contributed by atoms with E-state index in [2.05, 4.69) is 10.9 Å². The zero-order valence-electron chi connectivity index (χ0n) is 6.41. The van der Waals surface area contributed by atoms with Gasteiger partial charge in [0.25, 0.3) is 0 Å². The lowest BCUT2D eigenvalue weighted by Crippen LogP contribution is -2.07. The van der Waals surface area contributed by atoms with E-state index in [9.17, 15) is 0 Å². The van der Waals surface area contributed by atoms with Crippen LogP contribution in [0.3, 0.4) is 0 Å². The summed E-state index contributed by atoms with van der Waals surface area (Å²) in [6, 6.07) is 1.82. The van der Waals surface area contributed by atoms with E-state index >= 15 is 0 Å². The van der Waals surface area contributed by atoms with Crippen LogP contribution in [0.4, 0.5) is 0 Å². The van der Waals surface area contributed by atoms with Gasteiger partial charge in [0.05, 0.1) is 0 Å². The van der Waals surface area contributed by atoms with Crippen LogP contribution in [0.5, 0.6) is 0 Å². The topological polar surface area (TPSA) is 38.9 Å². The molecule has 0 aromatic carbocycles. The maximum atomic E-state index is 5.67. The van der Waals surface area contributed by atoms with E-state index < -0.39 is 0 Å². The number of aromatic nitrogens is 1. The molecule has 0 saturated carbocycles. The molecule has 1 aromatic heterocycles. The van der Waals surface area contributed by atoms with Crippen molar-refractivity contribution in [3.05, 3.63) is 29.6 Å². The molecular formula is C9H10N2. The van der Waals surface area contributed by atoms with E-state index in [0.29, 0.717) is 0 Å². The zero-order chi connectivity index (χ0) is 8.27.